The summed E-state index contributed by atoms with van der Waals surface area (Å²) in [5.41, 5.74) is 9.70. The molecule has 34 heavy (non-hydrogen) atoms. The van der Waals surface area contributed by atoms with Crippen LogP contribution in [0.4, 0.5) is 14.6 Å². The third-order valence-electron chi connectivity index (χ3n) is 6.16. The van der Waals surface area contributed by atoms with E-state index in [2.05, 4.69) is 14.7 Å². The number of amides is 1. The van der Waals surface area contributed by atoms with Gasteiger partial charge in [-0.3, -0.25) is 14.6 Å². The molecule has 0 spiro atoms. The van der Waals surface area contributed by atoms with E-state index in [1.807, 2.05) is 11.8 Å². The zero-order valence-electron chi connectivity index (χ0n) is 18.9. The number of aromatic nitrogens is 2. The van der Waals surface area contributed by atoms with E-state index in [-0.39, 0.29) is 17.9 Å². The molecule has 0 unspecified atom stereocenters. The van der Waals surface area contributed by atoms with Gasteiger partial charge in [-0.05, 0) is 43.4 Å². The Morgan fingerprint density at radius 3 is 2.68 bits per heavy atom. The first-order chi connectivity index (χ1) is 16.3. The van der Waals surface area contributed by atoms with Crippen molar-refractivity contribution in [1.29, 1.82) is 0 Å². The van der Waals surface area contributed by atoms with E-state index in [1.54, 1.807) is 0 Å². The van der Waals surface area contributed by atoms with Crippen LogP contribution in [0.3, 0.4) is 0 Å². The number of rotatable bonds is 3. The van der Waals surface area contributed by atoms with Crippen molar-refractivity contribution in [3.05, 3.63) is 50.9 Å². The van der Waals surface area contributed by atoms with Crippen LogP contribution in [0.15, 0.2) is 23.0 Å². The van der Waals surface area contributed by atoms with Crippen molar-refractivity contribution in [3.63, 3.8) is 0 Å². The Labute approximate surface area is 195 Å². The molecule has 5 heterocycles. The summed E-state index contributed by atoms with van der Waals surface area (Å²) in [6, 6.07) is 3.78. The highest BCUT2D eigenvalue weighted by molar-refractivity contribution is 5.81. The number of pyridine rings is 2. The highest BCUT2D eigenvalue weighted by Crippen LogP contribution is 2.39. The maximum Gasteiger partial charge on any atom is 0.388 e. The van der Waals surface area contributed by atoms with E-state index in [1.165, 1.54) is 24.6 Å². The van der Waals surface area contributed by atoms with Gasteiger partial charge in [0.2, 0.25) is 0 Å². The Morgan fingerprint density at radius 2 is 1.97 bits per heavy atom. The maximum absolute atomic E-state index is 12.7. The lowest BCUT2D eigenvalue weighted by molar-refractivity contribution is -0.146. The summed E-state index contributed by atoms with van der Waals surface area (Å²) in [4.78, 5) is 31.7. The van der Waals surface area contributed by atoms with Crippen molar-refractivity contribution in [2.24, 2.45) is 0 Å². The smallest absolute Gasteiger partial charge is 0.388 e. The Morgan fingerprint density at radius 1 is 1.21 bits per heavy atom. The molecule has 184 valence electrons. The average molecular weight is 478 g/mol. The number of aromatic amines is 1. The number of hydrogen-bond acceptors (Lipinski definition) is 7. The van der Waals surface area contributed by atoms with Crippen LogP contribution in [0.5, 0.6) is 5.88 Å². The number of nitrogen functional groups attached to an aromatic ring is 1. The van der Waals surface area contributed by atoms with Gasteiger partial charge in [0, 0.05) is 31.1 Å². The SMILES string of the molecule is C[C@H]1OCc2c3c(nc(N)c21)CO[C@H](C(=O)N1CCCCC1)C3.O=c1cccc(OC(F)F)[nH]1. The quantitative estimate of drug-likeness (QED) is 0.696. The minimum atomic E-state index is -2.91. The molecule has 3 aliphatic rings. The van der Waals surface area contributed by atoms with E-state index in [4.69, 9.17) is 15.2 Å². The molecule has 0 bridgehead atoms. The van der Waals surface area contributed by atoms with Crippen LogP contribution in [0.1, 0.15) is 54.7 Å². The number of anilines is 1. The predicted molar refractivity (Wildman–Crippen MR) is 118 cm³/mol. The summed E-state index contributed by atoms with van der Waals surface area (Å²) in [6.07, 6.45) is 3.55. The standard InChI is InChI=1S/C17H23N3O3.C6H5F2NO2/c1-10-15-12(8-22-10)11-7-14(23-9-13(11)19-16(15)18)17(21)20-5-3-2-4-6-20;7-6(8)11-5-3-1-2-4(10)9-5/h10,14H,2-9H2,1H3,(H2,18,19);1-3,6H,(H,9,10)/t10-,14+;/m1./s1. The van der Waals surface area contributed by atoms with Crippen LogP contribution in [0, 0.1) is 0 Å². The summed E-state index contributed by atoms with van der Waals surface area (Å²) in [7, 11) is 0. The number of hydrogen-bond donors (Lipinski definition) is 2. The number of likely N-dealkylation sites (tertiary alicyclic amines) is 1. The Kier molecular flexibility index (Phi) is 7.42. The summed E-state index contributed by atoms with van der Waals surface area (Å²) in [5.74, 6) is 0.425. The summed E-state index contributed by atoms with van der Waals surface area (Å²) >= 11 is 0. The molecule has 3 N–H and O–H groups in total. The number of ether oxygens (including phenoxy) is 3. The van der Waals surface area contributed by atoms with Gasteiger partial charge < -0.3 is 24.8 Å². The number of carbonyl (C=O) groups is 1. The first-order valence-electron chi connectivity index (χ1n) is 11.3. The number of alkyl halides is 2. The van der Waals surface area contributed by atoms with E-state index in [9.17, 15) is 18.4 Å². The summed E-state index contributed by atoms with van der Waals surface area (Å²) in [6.45, 7) is 1.69. The zero-order chi connectivity index (χ0) is 24.2. The molecular weight excluding hydrogens is 450 g/mol. The van der Waals surface area contributed by atoms with Crippen LogP contribution < -0.4 is 16.0 Å². The van der Waals surface area contributed by atoms with Gasteiger partial charge in [0.05, 0.1) is 25.0 Å². The largest absolute Gasteiger partial charge is 0.419 e. The van der Waals surface area contributed by atoms with Gasteiger partial charge in [-0.1, -0.05) is 6.07 Å². The molecule has 0 saturated carbocycles. The molecule has 1 amide bonds. The topological polar surface area (TPSA) is 120 Å². The molecule has 11 heteroatoms. The van der Waals surface area contributed by atoms with E-state index in [0.29, 0.717) is 25.5 Å². The highest BCUT2D eigenvalue weighted by Gasteiger charge is 2.35. The van der Waals surface area contributed by atoms with Crippen molar-refractivity contribution < 1.29 is 27.8 Å². The van der Waals surface area contributed by atoms with Gasteiger partial charge in [0.25, 0.3) is 11.5 Å². The average Bonchev–Trinajstić information content (AvgIpc) is 3.21. The van der Waals surface area contributed by atoms with Gasteiger partial charge >= 0.3 is 6.61 Å². The van der Waals surface area contributed by atoms with Gasteiger partial charge in [0.1, 0.15) is 11.9 Å². The lowest BCUT2D eigenvalue weighted by Crippen LogP contribution is -2.45. The Bertz CT molecular complexity index is 1090. The molecule has 2 atom stereocenters. The number of fused-ring (bicyclic) bond motifs is 3. The molecule has 0 aromatic carbocycles. The summed E-state index contributed by atoms with van der Waals surface area (Å²) in [5, 5.41) is 0. The number of nitrogens with two attached hydrogens (primary N) is 1. The summed E-state index contributed by atoms with van der Waals surface area (Å²) < 4.78 is 38.5. The van der Waals surface area contributed by atoms with E-state index >= 15 is 0 Å². The van der Waals surface area contributed by atoms with Crippen LogP contribution in [-0.4, -0.2) is 46.6 Å². The molecule has 2 aromatic rings. The van der Waals surface area contributed by atoms with Crippen molar-refractivity contribution >= 4 is 11.7 Å². The molecular formula is C23H28F2N4O5. The zero-order valence-corrected chi connectivity index (χ0v) is 18.9. The molecule has 3 aliphatic heterocycles. The van der Waals surface area contributed by atoms with Gasteiger partial charge in [-0.15, -0.1) is 0 Å². The van der Waals surface area contributed by atoms with Crippen molar-refractivity contribution in [2.45, 2.75) is 64.6 Å². The molecule has 0 radical (unpaired) electrons. The van der Waals surface area contributed by atoms with Gasteiger partial charge in [0.15, 0.2) is 5.88 Å². The van der Waals surface area contributed by atoms with Crippen molar-refractivity contribution in [1.82, 2.24) is 14.9 Å². The molecule has 0 aliphatic carbocycles. The number of halogens is 2. The normalized spacial score (nSPS) is 21.4. The van der Waals surface area contributed by atoms with Crippen LogP contribution >= 0.6 is 0 Å². The number of nitrogens with zero attached hydrogens (tertiary/aromatic N) is 2. The lowest BCUT2D eigenvalue weighted by atomic mass is 9.93. The first kappa shape index (κ1) is 24.1. The third-order valence-corrected chi connectivity index (χ3v) is 6.16. The molecule has 9 nitrogen and oxygen atoms in total. The second kappa shape index (κ2) is 10.5. The van der Waals surface area contributed by atoms with E-state index in [0.717, 1.165) is 48.3 Å². The lowest BCUT2D eigenvalue weighted by Gasteiger charge is -2.33. The van der Waals surface area contributed by atoms with E-state index < -0.39 is 18.3 Å². The predicted octanol–water partition coefficient (Wildman–Crippen LogP) is 2.69. The van der Waals surface area contributed by atoms with Crippen molar-refractivity contribution in [2.75, 3.05) is 18.8 Å². The Hall–Kier alpha value is -3.05. The molecule has 5 rings (SSSR count). The number of piperidine rings is 1. The van der Waals surface area contributed by atoms with Crippen LogP contribution in [0.25, 0.3) is 0 Å². The monoisotopic (exact) mass is 478 g/mol. The van der Waals surface area contributed by atoms with Crippen molar-refractivity contribution in [3.8, 4) is 5.88 Å². The Balaban J connectivity index is 0.000000210. The number of nitrogens with one attached hydrogen (secondary N) is 1. The third kappa shape index (κ3) is 5.36. The number of H-pyrrole nitrogens is 1. The highest BCUT2D eigenvalue weighted by atomic mass is 19.3. The fourth-order valence-corrected chi connectivity index (χ4v) is 4.53. The fourth-order valence-electron chi connectivity index (χ4n) is 4.53. The maximum atomic E-state index is 12.7. The van der Waals surface area contributed by atoms with Crippen LogP contribution in [0.2, 0.25) is 0 Å². The minimum absolute atomic E-state index is 0.0260. The second-order valence-electron chi connectivity index (χ2n) is 8.42. The first-order valence-corrected chi connectivity index (χ1v) is 11.3. The number of carbonyl (C=O) groups excluding carboxylic acids is 1. The van der Waals surface area contributed by atoms with Gasteiger partial charge in [-0.25, -0.2) is 4.98 Å². The molecule has 2 aromatic heterocycles. The van der Waals surface area contributed by atoms with Crippen LogP contribution in [-0.2, 0) is 33.9 Å². The second-order valence-corrected chi connectivity index (χ2v) is 8.42. The minimum Gasteiger partial charge on any atom is -0.419 e. The fraction of sp³-hybridized carbons (Fsp3) is 0.522. The molecule has 1 fully saturated rings. The van der Waals surface area contributed by atoms with Gasteiger partial charge in [-0.2, -0.15) is 8.78 Å². The molecule has 1 saturated heterocycles.